The van der Waals surface area contributed by atoms with Crippen molar-refractivity contribution in [1.29, 1.82) is 0 Å². The van der Waals surface area contributed by atoms with E-state index in [2.05, 4.69) is 10.3 Å². The number of halogens is 2. The summed E-state index contributed by atoms with van der Waals surface area (Å²) in [4.78, 5) is 15.8. The van der Waals surface area contributed by atoms with Crippen LogP contribution in [0.1, 0.15) is 15.9 Å². The SMILES string of the molecule is Cc1cccc(NC(=O)c2cnc(Cl)c(Cl)c2)c1. The third-order valence-corrected chi connectivity index (χ3v) is 3.02. The molecule has 1 heterocycles. The van der Waals surface area contributed by atoms with Crippen LogP contribution in [-0.2, 0) is 0 Å². The van der Waals surface area contributed by atoms with Crippen LogP contribution in [-0.4, -0.2) is 10.9 Å². The number of amides is 1. The number of pyridine rings is 1. The molecule has 0 radical (unpaired) electrons. The maximum atomic E-state index is 11.9. The topological polar surface area (TPSA) is 42.0 Å². The molecule has 0 aliphatic carbocycles. The fourth-order valence-corrected chi connectivity index (χ4v) is 1.74. The Morgan fingerprint density at radius 3 is 2.72 bits per heavy atom. The van der Waals surface area contributed by atoms with Crippen LogP contribution < -0.4 is 5.32 Å². The minimum Gasteiger partial charge on any atom is -0.322 e. The average molecular weight is 281 g/mol. The predicted octanol–water partition coefficient (Wildman–Crippen LogP) is 3.95. The Hall–Kier alpha value is -1.58. The monoisotopic (exact) mass is 280 g/mol. The van der Waals surface area contributed by atoms with Gasteiger partial charge in [0, 0.05) is 11.9 Å². The number of carbonyl (C=O) groups excluding carboxylic acids is 1. The van der Waals surface area contributed by atoms with E-state index in [4.69, 9.17) is 23.2 Å². The minimum absolute atomic E-state index is 0.184. The Balaban J connectivity index is 2.19. The molecule has 2 rings (SSSR count). The lowest BCUT2D eigenvalue weighted by Crippen LogP contribution is -2.12. The first-order valence-corrected chi connectivity index (χ1v) is 6.01. The molecule has 0 atom stereocenters. The van der Waals surface area contributed by atoms with Gasteiger partial charge in [-0.1, -0.05) is 35.3 Å². The Bertz CT molecular complexity index is 599. The Labute approximate surface area is 115 Å². The largest absolute Gasteiger partial charge is 0.322 e. The molecule has 18 heavy (non-hydrogen) atoms. The van der Waals surface area contributed by atoms with Gasteiger partial charge in [0.1, 0.15) is 5.15 Å². The van der Waals surface area contributed by atoms with Crippen LogP contribution in [0.3, 0.4) is 0 Å². The van der Waals surface area contributed by atoms with Gasteiger partial charge in [-0.05, 0) is 30.7 Å². The molecular formula is C13H10Cl2N2O. The summed E-state index contributed by atoms with van der Waals surface area (Å²) in [5, 5.41) is 3.21. The van der Waals surface area contributed by atoms with Crippen molar-refractivity contribution in [3.8, 4) is 0 Å². The van der Waals surface area contributed by atoms with Crippen LogP contribution in [0, 0.1) is 6.92 Å². The molecule has 0 aliphatic heterocycles. The molecule has 92 valence electrons. The third kappa shape index (κ3) is 3.00. The minimum atomic E-state index is -0.272. The zero-order chi connectivity index (χ0) is 13.1. The second kappa shape index (κ2) is 5.38. The Kier molecular flexibility index (Phi) is 3.84. The first kappa shape index (κ1) is 12.9. The van der Waals surface area contributed by atoms with Crippen LogP contribution in [0.5, 0.6) is 0 Å². The molecule has 1 aromatic carbocycles. The molecule has 0 aliphatic rings. The van der Waals surface area contributed by atoms with Crippen molar-refractivity contribution < 1.29 is 4.79 Å². The summed E-state index contributed by atoms with van der Waals surface area (Å²) in [7, 11) is 0. The zero-order valence-corrected chi connectivity index (χ0v) is 11.1. The summed E-state index contributed by atoms with van der Waals surface area (Å²) in [6, 6.07) is 9.01. The summed E-state index contributed by atoms with van der Waals surface area (Å²) >= 11 is 11.5. The lowest BCUT2D eigenvalue weighted by Gasteiger charge is -2.06. The standard InChI is InChI=1S/C13H10Cl2N2O/c1-8-3-2-4-10(5-8)17-13(18)9-6-11(14)12(15)16-7-9/h2-7H,1H3,(H,17,18). The number of benzene rings is 1. The summed E-state index contributed by atoms with van der Waals surface area (Å²) < 4.78 is 0. The quantitative estimate of drug-likeness (QED) is 0.847. The van der Waals surface area contributed by atoms with Crippen LogP contribution in [0.2, 0.25) is 10.2 Å². The van der Waals surface area contributed by atoms with Gasteiger partial charge in [0.15, 0.2) is 0 Å². The van der Waals surface area contributed by atoms with Gasteiger partial charge in [-0.15, -0.1) is 0 Å². The van der Waals surface area contributed by atoms with Crippen molar-refractivity contribution in [2.75, 3.05) is 5.32 Å². The maximum Gasteiger partial charge on any atom is 0.257 e. The second-order valence-electron chi connectivity index (χ2n) is 3.82. The highest BCUT2D eigenvalue weighted by molar-refractivity contribution is 6.41. The van der Waals surface area contributed by atoms with Crippen molar-refractivity contribution >= 4 is 34.8 Å². The number of carbonyl (C=O) groups is 1. The molecule has 0 unspecified atom stereocenters. The fraction of sp³-hybridized carbons (Fsp3) is 0.0769. The van der Waals surface area contributed by atoms with E-state index in [-0.39, 0.29) is 16.1 Å². The van der Waals surface area contributed by atoms with Crippen LogP contribution in [0.25, 0.3) is 0 Å². The number of nitrogens with one attached hydrogen (secondary N) is 1. The Morgan fingerprint density at radius 2 is 2.06 bits per heavy atom. The van der Waals surface area contributed by atoms with Crippen LogP contribution in [0.4, 0.5) is 5.69 Å². The molecule has 0 saturated carbocycles. The Morgan fingerprint density at radius 1 is 1.28 bits per heavy atom. The number of anilines is 1. The first-order valence-electron chi connectivity index (χ1n) is 5.25. The lowest BCUT2D eigenvalue weighted by molar-refractivity contribution is 0.102. The first-order chi connectivity index (χ1) is 8.56. The number of nitrogens with zero attached hydrogens (tertiary/aromatic N) is 1. The van der Waals surface area contributed by atoms with Crippen molar-refractivity contribution in [2.45, 2.75) is 6.92 Å². The summed E-state index contributed by atoms with van der Waals surface area (Å²) in [6.45, 7) is 1.95. The summed E-state index contributed by atoms with van der Waals surface area (Å²) in [5.41, 5.74) is 2.16. The van der Waals surface area contributed by atoms with Crippen molar-refractivity contribution in [1.82, 2.24) is 4.98 Å². The van der Waals surface area contributed by atoms with E-state index in [1.54, 1.807) is 0 Å². The number of hydrogen-bond donors (Lipinski definition) is 1. The number of aromatic nitrogens is 1. The maximum absolute atomic E-state index is 11.9. The highest BCUT2D eigenvalue weighted by Crippen LogP contribution is 2.20. The molecule has 1 N–H and O–H groups in total. The van der Waals surface area contributed by atoms with Gasteiger partial charge in [-0.3, -0.25) is 4.79 Å². The molecule has 1 amide bonds. The van der Waals surface area contributed by atoms with Crippen molar-refractivity contribution in [2.24, 2.45) is 0 Å². The summed E-state index contributed by atoms with van der Waals surface area (Å²) in [6.07, 6.45) is 1.39. The highest BCUT2D eigenvalue weighted by Gasteiger charge is 2.09. The van der Waals surface area contributed by atoms with E-state index in [1.165, 1.54) is 12.3 Å². The predicted molar refractivity (Wildman–Crippen MR) is 73.4 cm³/mol. The third-order valence-electron chi connectivity index (χ3n) is 2.33. The van der Waals surface area contributed by atoms with E-state index in [0.717, 1.165) is 11.3 Å². The number of rotatable bonds is 2. The normalized spacial score (nSPS) is 10.2. The molecule has 5 heteroatoms. The fourth-order valence-electron chi connectivity index (χ4n) is 1.47. The molecule has 0 spiro atoms. The molecule has 0 fully saturated rings. The van der Waals surface area contributed by atoms with E-state index in [1.807, 2.05) is 31.2 Å². The van der Waals surface area contributed by atoms with Gasteiger partial charge in [-0.2, -0.15) is 0 Å². The van der Waals surface area contributed by atoms with Crippen molar-refractivity contribution in [3.05, 3.63) is 57.8 Å². The van der Waals surface area contributed by atoms with Gasteiger partial charge in [0.05, 0.1) is 10.6 Å². The highest BCUT2D eigenvalue weighted by atomic mass is 35.5. The van der Waals surface area contributed by atoms with Gasteiger partial charge in [0.2, 0.25) is 0 Å². The van der Waals surface area contributed by atoms with E-state index >= 15 is 0 Å². The molecule has 0 saturated heterocycles. The second-order valence-corrected chi connectivity index (χ2v) is 4.59. The molecule has 2 aromatic rings. The molecular weight excluding hydrogens is 271 g/mol. The van der Waals surface area contributed by atoms with E-state index in [9.17, 15) is 4.79 Å². The number of hydrogen-bond acceptors (Lipinski definition) is 2. The number of aryl methyl sites for hydroxylation is 1. The zero-order valence-electron chi connectivity index (χ0n) is 9.58. The molecule has 0 bridgehead atoms. The van der Waals surface area contributed by atoms with Crippen LogP contribution >= 0.6 is 23.2 Å². The lowest BCUT2D eigenvalue weighted by atomic mass is 10.2. The van der Waals surface area contributed by atoms with E-state index < -0.39 is 0 Å². The average Bonchev–Trinajstić information content (AvgIpc) is 2.32. The smallest absolute Gasteiger partial charge is 0.257 e. The van der Waals surface area contributed by atoms with E-state index in [0.29, 0.717) is 5.56 Å². The van der Waals surface area contributed by atoms with Crippen LogP contribution in [0.15, 0.2) is 36.5 Å². The van der Waals surface area contributed by atoms with Gasteiger partial charge >= 0.3 is 0 Å². The van der Waals surface area contributed by atoms with Gasteiger partial charge in [-0.25, -0.2) is 4.98 Å². The van der Waals surface area contributed by atoms with Crippen molar-refractivity contribution in [3.63, 3.8) is 0 Å². The van der Waals surface area contributed by atoms with Gasteiger partial charge < -0.3 is 5.32 Å². The molecule has 1 aromatic heterocycles. The molecule has 3 nitrogen and oxygen atoms in total. The summed E-state index contributed by atoms with van der Waals surface area (Å²) in [5.74, 6) is -0.272. The van der Waals surface area contributed by atoms with Gasteiger partial charge in [0.25, 0.3) is 5.91 Å².